The molecule has 1 unspecified atom stereocenters. The Labute approximate surface area is 100 Å². The summed E-state index contributed by atoms with van der Waals surface area (Å²) < 4.78 is 4.57. The second kappa shape index (κ2) is 8.30. The van der Waals surface area contributed by atoms with Crippen LogP contribution in [-0.4, -0.2) is 48.7 Å². The van der Waals surface area contributed by atoms with Gasteiger partial charge in [-0.25, -0.2) is 0 Å². The highest BCUT2D eigenvalue weighted by Gasteiger charge is 2.13. The van der Waals surface area contributed by atoms with Gasteiger partial charge in [0.1, 0.15) is 0 Å². The van der Waals surface area contributed by atoms with Gasteiger partial charge in [-0.2, -0.15) is 23.5 Å². The number of thioether (sulfide) groups is 2. The summed E-state index contributed by atoms with van der Waals surface area (Å²) in [5.41, 5.74) is 0. The minimum atomic E-state index is -0.112. The monoisotopic (exact) mass is 249 g/mol. The molecule has 1 saturated heterocycles. The molecular formula is C10H19NO2S2. The molecule has 0 aliphatic carbocycles. The van der Waals surface area contributed by atoms with Gasteiger partial charge in [0.2, 0.25) is 0 Å². The molecule has 1 aliphatic heterocycles. The van der Waals surface area contributed by atoms with Crippen LogP contribution >= 0.6 is 23.5 Å². The molecule has 5 heteroatoms. The van der Waals surface area contributed by atoms with Crippen molar-refractivity contribution < 1.29 is 9.53 Å². The van der Waals surface area contributed by atoms with Gasteiger partial charge in [0.05, 0.1) is 7.11 Å². The molecule has 0 spiro atoms. The first kappa shape index (κ1) is 13.2. The van der Waals surface area contributed by atoms with Gasteiger partial charge in [-0.3, -0.25) is 4.79 Å². The Hall–Kier alpha value is 0.130. The lowest BCUT2D eigenvalue weighted by Crippen LogP contribution is -2.29. The van der Waals surface area contributed by atoms with Crippen molar-refractivity contribution >= 4 is 29.5 Å². The van der Waals surface area contributed by atoms with Crippen molar-refractivity contribution in [2.45, 2.75) is 18.1 Å². The zero-order valence-electron chi connectivity index (χ0n) is 9.16. The highest BCUT2D eigenvalue weighted by atomic mass is 32.2. The average Bonchev–Trinajstić information content (AvgIpc) is 2.29. The molecule has 1 aliphatic rings. The van der Waals surface area contributed by atoms with E-state index in [0.29, 0.717) is 6.42 Å². The van der Waals surface area contributed by atoms with Crippen molar-refractivity contribution in [3.63, 3.8) is 0 Å². The Morgan fingerprint density at radius 2 is 2.40 bits per heavy atom. The second-order valence-electron chi connectivity index (χ2n) is 3.45. The van der Waals surface area contributed by atoms with E-state index in [4.69, 9.17) is 0 Å². The number of carbonyl (C=O) groups excluding carboxylic acids is 1. The zero-order valence-corrected chi connectivity index (χ0v) is 10.8. The number of hydrogen-bond donors (Lipinski definition) is 1. The summed E-state index contributed by atoms with van der Waals surface area (Å²) in [4.78, 5) is 10.8. The van der Waals surface area contributed by atoms with Gasteiger partial charge < -0.3 is 10.1 Å². The zero-order chi connectivity index (χ0) is 10.9. The van der Waals surface area contributed by atoms with E-state index in [0.717, 1.165) is 24.8 Å². The van der Waals surface area contributed by atoms with Crippen molar-refractivity contribution in [2.75, 3.05) is 37.5 Å². The maximum absolute atomic E-state index is 10.8. The molecule has 0 bridgehead atoms. The number of hydrogen-bond acceptors (Lipinski definition) is 5. The van der Waals surface area contributed by atoms with Crippen LogP contribution in [0.3, 0.4) is 0 Å². The smallest absolute Gasteiger partial charge is 0.305 e. The van der Waals surface area contributed by atoms with Crippen LogP contribution in [0.4, 0.5) is 0 Å². The van der Waals surface area contributed by atoms with E-state index in [1.54, 1.807) is 0 Å². The Bertz CT molecular complexity index is 184. The second-order valence-corrected chi connectivity index (χ2v) is 6.01. The molecule has 0 saturated carbocycles. The van der Waals surface area contributed by atoms with E-state index in [1.807, 2.05) is 11.8 Å². The lowest BCUT2D eigenvalue weighted by molar-refractivity contribution is -0.140. The van der Waals surface area contributed by atoms with E-state index >= 15 is 0 Å². The minimum absolute atomic E-state index is 0.112. The lowest BCUT2D eigenvalue weighted by atomic mass is 10.3. The topological polar surface area (TPSA) is 38.3 Å². The number of ether oxygens (including phenoxy) is 1. The van der Waals surface area contributed by atoms with Crippen molar-refractivity contribution in [3.05, 3.63) is 0 Å². The third-order valence-electron chi connectivity index (χ3n) is 2.22. The molecule has 1 N–H and O–H groups in total. The number of esters is 1. The van der Waals surface area contributed by atoms with E-state index in [2.05, 4.69) is 21.8 Å². The molecule has 0 radical (unpaired) electrons. The van der Waals surface area contributed by atoms with Gasteiger partial charge in [0.25, 0.3) is 0 Å². The van der Waals surface area contributed by atoms with Crippen LogP contribution in [0.2, 0.25) is 0 Å². The lowest BCUT2D eigenvalue weighted by Gasteiger charge is -2.21. The number of nitrogens with one attached hydrogen (secondary N) is 1. The molecule has 0 aromatic carbocycles. The normalized spacial score (nSPS) is 21.3. The summed E-state index contributed by atoms with van der Waals surface area (Å²) in [5, 5.41) is 4.14. The molecule has 1 atom stereocenters. The van der Waals surface area contributed by atoms with Crippen LogP contribution in [0.15, 0.2) is 0 Å². The van der Waals surface area contributed by atoms with Crippen LogP contribution in [0, 0.1) is 0 Å². The van der Waals surface area contributed by atoms with E-state index in [9.17, 15) is 4.79 Å². The molecule has 0 aromatic rings. The number of carbonyl (C=O) groups is 1. The summed E-state index contributed by atoms with van der Waals surface area (Å²) in [7, 11) is 1.44. The van der Waals surface area contributed by atoms with Gasteiger partial charge in [-0.1, -0.05) is 0 Å². The third-order valence-corrected chi connectivity index (χ3v) is 5.06. The Kier molecular flexibility index (Phi) is 7.30. The Balaban J connectivity index is 1.89. The molecule has 1 rings (SSSR count). The predicted octanol–water partition coefficient (Wildman–Crippen LogP) is 1.38. The molecule has 0 amide bonds. The number of methoxy groups -OCH3 is 1. The minimum Gasteiger partial charge on any atom is -0.469 e. The van der Waals surface area contributed by atoms with Gasteiger partial charge in [-0.15, -0.1) is 0 Å². The first-order valence-corrected chi connectivity index (χ1v) is 7.50. The summed E-state index contributed by atoms with van der Waals surface area (Å²) in [5.74, 6) is 3.72. The SMILES string of the molecule is COC(=O)CCCNCC1CSCCS1. The summed E-state index contributed by atoms with van der Waals surface area (Å²) in [6.45, 7) is 1.98. The van der Waals surface area contributed by atoms with Crippen molar-refractivity contribution in [3.8, 4) is 0 Å². The third kappa shape index (κ3) is 6.33. The van der Waals surface area contributed by atoms with Gasteiger partial charge >= 0.3 is 5.97 Å². The van der Waals surface area contributed by atoms with Crippen LogP contribution in [0.25, 0.3) is 0 Å². The molecule has 1 heterocycles. The van der Waals surface area contributed by atoms with E-state index < -0.39 is 0 Å². The fourth-order valence-electron chi connectivity index (χ4n) is 1.38. The van der Waals surface area contributed by atoms with E-state index in [1.165, 1.54) is 24.4 Å². The van der Waals surface area contributed by atoms with Crippen LogP contribution in [0.1, 0.15) is 12.8 Å². The highest BCUT2D eigenvalue weighted by Crippen LogP contribution is 2.23. The molecule has 1 fully saturated rings. The average molecular weight is 249 g/mol. The Morgan fingerprint density at radius 1 is 1.53 bits per heavy atom. The van der Waals surface area contributed by atoms with E-state index in [-0.39, 0.29) is 5.97 Å². The largest absolute Gasteiger partial charge is 0.469 e. The molecule has 3 nitrogen and oxygen atoms in total. The van der Waals surface area contributed by atoms with Crippen molar-refractivity contribution in [1.82, 2.24) is 5.32 Å². The van der Waals surface area contributed by atoms with Gasteiger partial charge in [0.15, 0.2) is 0 Å². The van der Waals surface area contributed by atoms with Crippen LogP contribution < -0.4 is 5.32 Å². The van der Waals surface area contributed by atoms with Crippen LogP contribution in [-0.2, 0) is 9.53 Å². The molecule has 15 heavy (non-hydrogen) atoms. The molecule has 0 aromatic heterocycles. The highest BCUT2D eigenvalue weighted by molar-refractivity contribution is 8.06. The fourth-order valence-corrected chi connectivity index (χ4v) is 4.02. The van der Waals surface area contributed by atoms with Crippen molar-refractivity contribution in [1.29, 1.82) is 0 Å². The maximum Gasteiger partial charge on any atom is 0.305 e. The van der Waals surface area contributed by atoms with Crippen molar-refractivity contribution in [2.24, 2.45) is 0 Å². The quantitative estimate of drug-likeness (QED) is 0.569. The predicted molar refractivity (Wildman–Crippen MR) is 67.7 cm³/mol. The first-order valence-electron chi connectivity index (χ1n) is 5.30. The Morgan fingerprint density at radius 3 is 3.07 bits per heavy atom. The van der Waals surface area contributed by atoms with Crippen LogP contribution in [0.5, 0.6) is 0 Å². The molecular weight excluding hydrogens is 230 g/mol. The first-order chi connectivity index (χ1) is 7.33. The molecule has 88 valence electrons. The summed E-state index contributed by atoms with van der Waals surface area (Å²) in [6, 6.07) is 0. The van der Waals surface area contributed by atoms with Gasteiger partial charge in [-0.05, 0) is 13.0 Å². The summed E-state index contributed by atoms with van der Waals surface area (Å²) in [6.07, 6.45) is 1.40. The number of rotatable bonds is 6. The fraction of sp³-hybridized carbons (Fsp3) is 0.900. The summed E-state index contributed by atoms with van der Waals surface area (Å²) >= 11 is 4.10. The standard InChI is InChI=1S/C10H19NO2S2/c1-13-10(12)3-2-4-11-7-9-8-14-5-6-15-9/h9,11H,2-8H2,1H3. The maximum atomic E-state index is 10.8. The van der Waals surface area contributed by atoms with Gasteiger partial charge in [0, 0.05) is 35.5 Å².